The summed E-state index contributed by atoms with van der Waals surface area (Å²) in [6.07, 6.45) is 0. The van der Waals surface area contributed by atoms with Crippen molar-refractivity contribution in [3.63, 3.8) is 0 Å². The van der Waals surface area contributed by atoms with Gasteiger partial charge in [0, 0.05) is 36.9 Å². The molecule has 0 aromatic heterocycles. The molecule has 0 bridgehead atoms. The molecule has 1 fully saturated rings. The predicted molar refractivity (Wildman–Crippen MR) is 110 cm³/mol. The van der Waals surface area contributed by atoms with E-state index in [0.717, 1.165) is 11.3 Å². The van der Waals surface area contributed by atoms with Gasteiger partial charge in [0.25, 0.3) is 0 Å². The molecular formula is C18H20ClN3O2S2. The van der Waals surface area contributed by atoms with Crippen molar-refractivity contribution < 1.29 is 8.42 Å². The van der Waals surface area contributed by atoms with E-state index >= 15 is 0 Å². The average Bonchev–Trinajstić information content (AvgIpc) is 2.64. The topological polar surface area (TPSA) is 52.7 Å². The zero-order valence-corrected chi connectivity index (χ0v) is 16.5. The third kappa shape index (κ3) is 4.94. The lowest BCUT2D eigenvalue weighted by Gasteiger charge is -2.35. The molecule has 1 heterocycles. The maximum absolute atomic E-state index is 12.6. The zero-order chi connectivity index (χ0) is 18.6. The van der Waals surface area contributed by atoms with Gasteiger partial charge in [0.1, 0.15) is 0 Å². The van der Waals surface area contributed by atoms with E-state index in [-0.39, 0.29) is 5.75 Å². The first-order chi connectivity index (χ1) is 12.4. The molecule has 8 heteroatoms. The number of benzene rings is 2. The van der Waals surface area contributed by atoms with Gasteiger partial charge in [-0.25, -0.2) is 8.42 Å². The lowest BCUT2D eigenvalue weighted by Crippen LogP contribution is -2.51. The van der Waals surface area contributed by atoms with E-state index in [1.165, 1.54) is 0 Å². The molecule has 0 amide bonds. The number of sulfonamides is 1. The van der Waals surface area contributed by atoms with Gasteiger partial charge in [0.2, 0.25) is 10.0 Å². The molecule has 1 N–H and O–H groups in total. The number of piperazine rings is 1. The summed E-state index contributed by atoms with van der Waals surface area (Å²) in [4.78, 5) is 1.98. The van der Waals surface area contributed by atoms with Crippen LogP contribution in [0.3, 0.4) is 0 Å². The van der Waals surface area contributed by atoms with Crippen LogP contribution in [0.2, 0.25) is 5.02 Å². The van der Waals surface area contributed by atoms with Crippen molar-refractivity contribution in [1.82, 2.24) is 9.21 Å². The second-order valence-corrected chi connectivity index (χ2v) is 8.86. The fourth-order valence-corrected chi connectivity index (χ4v) is 4.72. The highest BCUT2D eigenvalue weighted by Gasteiger charge is 2.27. The number of anilines is 1. The molecule has 0 saturated carbocycles. The molecule has 0 unspecified atom stereocenters. The molecule has 5 nitrogen and oxygen atoms in total. The van der Waals surface area contributed by atoms with Gasteiger partial charge in [-0.05, 0) is 42.0 Å². The van der Waals surface area contributed by atoms with Gasteiger partial charge in [0.15, 0.2) is 5.11 Å². The number of halogens is 1. The molecule has 138 valence electrons. The van der Waals surface area contributed by atoms with E-state index in [9.17, 15) is 8.42 Å². The monoisotopic (exact) mass is 409 g/mol. The molecule has 2 aromatic carbocycles. The van der Waals surface area contributed by atoms with Crippen LogP contribution in [0.25, 0.3) is 0 Å². The second-order valence-electron chi connectivity index (χ2n) is 6.06. The van der Waals surface area contributed by atoms with Gasteiger partial charge in [-0.15, -0.1) is 0 Å². The summed E-state index contributed by atoms with van der Waals surface area (Å²) in [6.45, 7) is 1.98. The highest BCUT2D eigenvalue weighted by atomic mass is 35.5. The minimum atomic E-state index is -3.32. The predicted octanol–water partition coefficient (Wildman–Crippen LogP) is 3.18. The number of nitrogens with one attached hydrogen (secondary N) is 1. The van der Waals surface area contributed by atoms with Crippen LogP contribution < -0.4 is 5.32 Å². The minimum absolute atomic E-state index is 0.0291. The van der Waals surface area contributed by atoms with E-state index in [1.807, 2.05) is 47.4 Å². The second kappa shape index (κ2) is 8.35. The van der Waals surface area contributed by atoms with Crippen LogP contribution >= 0.6 is 23.8 Å². The summed E-state index contributed by atoms with van der Waals surface area (Å²) >= 11 is 11.3. The van der Waals surface area contributed by atoms with Crippen LogP contribution in [0.5, 0.6) is 0 Å². The number of thiocarbonyl (C=S) groups is 1. The lowest BCUT2D eigenvalue weighted by atomic mass is 10.2. The Morgan fingerprint density at radius 2 is 1.62 bits per heavy atom. The van der Waals surface area contributed by atoms with Crippen LogP contribution in [0.1, 0.15) is 5.56 Å². The Labute approximate surface area is 164 Å². The lowest BCUT2D eigenvalue weighted by molar-refractivity contribution is 0.268. The summed E-state index contributed by atoms with van der Waals surface area (Å²) in [5.74, 6) is 0.0291. The van der Waals surface area contributed by atoms with E-state index in [0.29, 0.717) is 36.3 Å². The van der Waals surface area contributed by atoms with Crippen molar-refractivity contribution >= 4 is 44.6 Å². The number of hydrogen-bond donors (Lipinski definition) is 1. The first kappa shape index (κ1) is 19.1. The van der Waals surface area contributed by atoms with Crippen LogP contribution in [-0.2, 0) is 15.8 Å². The molecule has 1 aliphatic heterocycles. The van der Waals surface area contributed by atoms with Crippen LogP contribution in [0.4, 0.5) is 5.69 Å². The van der Waals surface area contributed by atoms with Gasteiger partial charge in [-0.2, -0.15) is 4.31 Å². The van der Waals surface area contributed by atoms with Gasteiger partial charge >= 0.3 is 0 Å². The van der Waals surface area contributed by atoms with Crippen molar-refractivity contribution in [3.05, 3.63) is 65.2 Å². The first-order valence-corrected chi connectivity index (χ1v) is 10.7. The molecule has 26 heavy (non-hydrogen) atoms. The maximum Gasteiger partial charge on any atom is 0.218 e. The van der Waals surface area contributed by atoms with Gasteiger partial charge in [-0.3, -0.25) is 0 Å². The van der Waals surface area contributed by atoms with Crippen molar-refractivity contribution in [1.29, 1.82) is 0 Å². The van der Waals surface area contributed by atoms with Gasteiger partial charge in [0.05, 0.1) is 5.75 Å². The third-order valence-electron chi connectivity index (χ3n) is 4.21. The fourth-order valence-electron chi connectivity index (χ4n) is 2.78. The Bertz CT molecular complexity index is 850. The average molecular weight is 410 g/mol. The third-order valence-corrected chi connectivity index (χ3v) is 6.67. The quantitative estimate of drug-likeness (QED) is 0.786. The summed E-state index contributed by atoms with van der Waals surface area (Å²) in [7, 11) is -3.32. The number of rotatable bonds is 4. The van der Waals surface area contributed by atoms with E-state index in [4.69, 9.17) is 23.8 Å². The molecule has 0 radical (unpaired) electrons. The largest absolute Gasteiger partial charge is 0.346 e. The van der Waals surface area contributed by atoms with Crippen LogP contribution in [-0.4, -0.2) is 48.9 Å². The highest BCUT2D eigenvalue weighted by Crippen LogP contribution is 2.16. The Kier molecular flexibility index (Phi) is 6.13. The standard InChI is InChI=1S/C18H20ClN3O2S2/c19-16-6-8-17(9-7-16)20-18(25)21-10-12-22(13-11-21)26(23,24)14-15-4-2-1-3-5-15/h1-9H,10-14H2,(H,20,25). The molecule has 0 atom stereocenters. The Morgan fingerprint density at radius 3 is 2.23 bits per heavy atom. The summed E-state index contributed by atoms with van der Waals surface area (Å²) < 4.78 is 26.7. The Morgan fingerprint density at radius 1 is 1.00 bits per heavy atom. The molecule has 0 aliphatic carbocycles. The van der Waals surface area contributed by atoms with Gasteiger partial charge < -0.3 is 10.2 Å². The minimum Gasteiger partial charge on any atom is -0.346 e. The van der Waals surface area contributed by atoms with Crippen molar-refractivity contribution in [2.45, 2.75) is 5.75 Å². The van der Waals surface area contributed by atoms with Gasteiger partial charge in [-0.1, -0.05) is 41.9 Å². The summed E-state index contributed by atoms with van der Waals surface area (Å²) in [5, 5.41) is 4.42. The van der Waals surface area contributed by atoms with E-state index in [2.05, 4.69) is 5.32 Å². The van der Waals surface area contributed by atoms with Crippen LogP contribution in [0.15, 0.2) is 54.6 Å². The smallest absolute Gasteiger partial charge is 0.218 e. The highest BCUT2D eigenvalue weighted by molar-refractivity contribution is 7.88. The van der Waals surface area contributed by atoms with Crippen LogP contribution in [0, 0.1) is 0 Å². The number of hydrogen-bond acceptors (Lipinski definition) is 3. The first-order valence-electron chi connectivity index (χ1n) is 8.27. The normalized spacial score (nSPS) is 15.7. The summed E-state index contributed by atoms with van der Waals surface area (Å²) in [6, 6.07) is 16.5. The van der Waals surface area contributed by atoms with Crippen molar-refractivity contribution in [3.8, 4) is 0 Å². The van der Waals surface area contributed by atoms with Crippen molar-refractivity contribution in [2.24, 2.45) is 0 Å². The molecule has 1 saturated heterocycles. The molecule has 2 aromatic rings. The number of nitrogens with zero attached hydrogens (tertiary/aromatic N) is 2. The van der Waals surface area contributed by atoms with E-state index < -0.39 is 10.0 Å². The molecule has 1 aliphatic rings. The van der Waals surface area contributed by atoms with Crippen molar-refractivity contribution in [2.75, 3.05) is 31.5 Å². The fraction of sp³-hybridized carbons (Fsp3) is 0.278. The van der Waals surface area contributed by atoms with E-state index in [1.54, 1.807) is 16.4 Å². The Hall–Kier alpha value is -1.67. The molecule has 0 spiro atoms. The maximum atomic E-state index is 12.6. The molecular weight excluding hydrogens is 390 g/mol. The Balaban J connectivity index is 1.54. The molecule has 3 rings (SSSR count). The SMILES string of the molecule is O=S(=O)(Cc1ccccc1)N1CCN(C(=S)Nc2ccc(Cl)cc2)CC1. The summed E-state index contributed by atoms with van der Waals surface area (Å²) in [5.41, 5.74) is 1.66. The zero-order valence-electron chi connectivity index (χ0n) is 14.1.